The van der Waals surface area contributed by atoms with E-state index in [1.54, 1.807) is 0 Å². The number of hydrogen-bond acceptors (Lipinski definition) is 1. The van der Waals surface area contributed by atoms with Gasteiger partial charge in [-0.05, 0) is 41.4 Å². The lowest BCUT2D eigenvalue weighted by molar-refractivity contribution is -0.321. The summed E-state index contributed by atoms with van der Waals surface area (Å²) in [6.07, 6.45) is 2.56. The smallest absolute Gasteiger partial charge is 0.0628 e. The molecule has 3 rings (SSSR count). The van der Waals surface area contributed by atoms with Crippen LogP contribution in [0.1, 0.15) is 47.5 Å². The van der Waals surface area contributed by atoms with Crippen LogP contribution in [0.5, 0.6) is 0 Å². The summed E-state index contributed by atoms with van der Waals surface area (Å²) >= 11 is 0. The largest absolute Gasteiger partial charge is 0.392 e. The molecular formula is C14H24O. The quantitative estimate of drug-likeness (QED) is 0.702. The van der Waals surface area contributed by atoms with Gasteiger partial charge in [0.1, 0.15) is 0 Å². The summed E-state index contributed by atoms with van der Waals surface area (Å²) in [5.74, 6) is 2.03. The molecule has 0 aromatic carbocycles. The molecule has 1 N–H and O–H groups in total. The maximum absolute atomic E-state index is 10.5. The van der Waals surface area contributed by atoms with Gasteiger partial charge in [0.15, 0.2) is 0 Å². The Morgan fingerprint density at radius 2 is 1.87 bits per heavy atom. The predicted octanol–water partition coefficient (Wildman–Crippen LogP) is 3.08. The van der Waals surface area contributed by atoms with Crippen molar-refractivity contribution in [3.05, 3.63) is 0 Å². The molecular weight excluding hydrogens is 184 g/mol. The molecule has 0 aromatic heterocycles. The molecule has 0 aromatic rings. The average Bonchev–Trinajstić information content (AvgIpc) is 2.17. The third kappa shape index (κ3) is 0.661. The summed E-state index contributed by atoms with van der Waals surface area (Å²) in [5.41, 5.74) is 1.23. The maximum Gasteiger partial charge on any atom is 0.0628 e. The van der Waals surface area contributed by atoms with Crippen molar-refractivity contribution in [2.24, 2.45) is 34.0 Å². The van der Waals surface area contributed by atoms with Crippen LogP contribution in [0.2, 0.25) is 0 Å². The zero-order chi connectivity index (χ0) is 11.2. The minimum Gasteiger partial charge on any atom is -0.392 e. The van der Waals surface area contributed by atoms with Crippen LogP contribution in [-0.4, -0.2) is 11.2 Å². The van der Waals surface area contributed by atoms with Crippen molar-refractivity contribution in [2.45, 2.75) is 53.6 Å². The fourth-order valence-corrected chi connectivity index (χ4v) is 6.85. The molecule has 0 bridgehead atoms. The molecule has 6 unspecified atom stereocenters. The second-order valence-corrected chi connectivity index (χ2v) is 7.29. The molecule has 1 nitrogen and oxygen atoms in total. The van der Waals surface area contributed by atoms with E-state index in [1.807, 2.05) is 0 Å². The summed E-state index contributed by atoms with van der Waals surface area (Å²) in [7, 11) is 0. The molecule has 15 heavy (non-hydrogen) atoms. The van der Waals surface area contributed by atoms with Gasteiger partial charge in [-0.15, -0.1) is 0 Å². The summed E-state index contributed by atoms with van der Waals surface area (Å²) in [4.78, 5) is 0. The molecule has 1 heteroatoms. The van der Waals surface area contributed by atoms with Gasteiger partial charge < -0.3 is 5.11 Å². The summed E-state index contributed by atoms with van der Waals surface area (Å²) < 4.78 is 0. The molecule has 3 saturated carbocycles. The molecule has 0 amide bonds. The average molecular weight is 208 g/mol. The summed E-state index contributed by atoms with van der Waals surface area (Å²) in [5, 5.41) is 10.5. The number of aliphatic hydroxyl groups excluding tert-OH is 1. The van der Waals surface area contributed by atoms with E-state index in [0.717, 1.165) is 11.8 Å². The number of rotatable bonds is 1. The van der Waals surface area contributed by atoms with Crippen LogP contribution in [0.4, 0.5) is 0 Å². The van der Waals surface area contributed by atoms with Gasteiger partial charge in [-0.1, -0.05) is 34.6 Å². The van der Waals surface area contributed by atoms with Crippen LogP contribution < -0.4 is 0 Å². The summed E-state index contributed by atoms with van der Waals surface area (Å²) in [6, 6.07) is 0. The van der Waals surface area contributed by atoms with Gasteiger partial charge in [-0.3, -0.25) is 0 Å². The Labute approximate surface area is 93.3 Å². The molecule has 0 saturated heterocycles. The van der Waals surface area contributed by atoms with Crippen molar-refractivity contribution in [2.75, 3.05) is 0 Å². The minimum absolute atomic E-state index is 0.0551. The van der Waals surface area contributed by atoms with Crippen LogP contribution >= 0.6 is 0 Å². The molecule has 3 aliphatic rings. The zero-order valence-electron chi connectivity index (χ0n) is 10.7. The highest BCUT2D eigenvalue weighted by Crippen LogP contribution is 2.89. The molecule has 0 spiro atoms. The van der Waals surface area contributed by atoms with Gasteiger partial charge in [0, 0.05) is 5.41 Å². The lowest BCUT2D eigenvalue weighted by Gasteiger charge is -2.79. The molecule has 6 atom stereocenters. The fraction of sp³-hybridized carbons (Fsp3) is 1.00. The van der Waals surface area contributed by atoms with Crippen molar-refractivity contribution in [3.63, 3.8) is 0 Å². The topological polar surface area (TPSA) is 20.2 Å². The van der Waals surface area contributed by atoms with Gasteiger partial charge in [-0.2, -0.15) is 0 Å². The Hall–Kier alpha value is -0.0400. The van der Waals surface area contributed by atoms with E-state index in [2.05, 4.69) is 34.6 Å². The van der Waals surface area contributed by atoms with Crippen LogP contribution in [0.3, 0.4) is 0 Å². The van der Waals surface area contributed by atoms with E-state index in [0.29, 0.717) is 16.7 Å². The molecule has 86 valence electrons. The van der Waals surface area contributed by atoms with Gasteiger partial charge in [0.2, 0.25) is 0 Å². The van der Waals surface area contributed by atoms with Gasteiger partial charge in [0.25, 0.3) is 0 Å². The first-order valence-corrected chi connectivity index (χ1v) is 6.49. The number of hydrogen-bond donors (Lipinski definition) is 1. The van der Waals surface area contributed by atoms with Crippen molar-refractivity contribution >= 4 is 0 Å². The van der Waals surface area contributed by atoms with Crippen molar-refractivity contribution in [3.8, 4) is 0 Å². The monoisotopic (exact) mass is 208 g/mol. The molecule has 0 radical (unpaired) electrons. The SMILES string of the molecule is CC1C(O)C2(C)CC3(C)CC1C32C(C)C. The van der Waals surface area contributed by atoms with E-state index in [9.17, 15) is 5.11 Å². The molecule has 0 heterocycles. The van der Waals surface area contributed by atoms with Crippen LogP contribution in [0.25, 0.3) is 0 Å². The molecule has 3 aliphatic carbocycles. The second-order valence-electron chi connectivity index (χ2n) is 7.29. The molecule has 0 aliphatic heterocycles. The molecule has 3 fully saturated rings. The lowest BCUT2D eigenvalue weighted by atomic mass is 9.25. The highest BCUT2D eigenvalue weighted by molar-refractivity contribution is 5.33. The predicted molar refractivity (Wildman–Crippen MR) is 61.4 cm³/mol. The first kappa shape index (κ1) is 10.1. The standard InChI is InChI=1S/C14H24O/c1-8(2)14-10-6-12(14,4)7-13(14,5)11(15)9(10)3/h8-11,15H,6-7H2,1-5H3. The van der Waals surface area contributed by atoms with E-state index in [4.69, 9.17) is 0 Å². The first-order chi connectivity index (χ1) is 6.81. The second kappa shape index (κ2) is 2.30. The lowest BCUT2D eigenvalue weighted by Crippen LogP contribution is -2.74. The van der Waals surface area contributed by atoms with Crippen LogP contribution in [0.15, 0.2) is 0 Å². The number of aliphatic hydroxyl groups is 1. The Kier molecular flexibility index (Phi) is 1.55. The van der Waals surface area contributed by atoms with E-state index in [1.165, 1.54) is 12.8 Å². The summed E-state index contributed by atoms with van der Waals surface area (Å²) in [6.45, 7) is 11.8. The fourth-order valence-electron chi connectivity index (χ4n) is 6.85. The van der Waals surface area contributed by atoms with Gasteiger partial charge in [-0.25, -0.2) is 0 Å². The highest BCUT2D eigenvalue weighted by Gasteiger charge is 2.85. The zero-order valence-corrected chi connectivity index (χ0v) is 10.7. The van der Waals surface area contributed by atoms with Crippen molar-refractivity contribution < 1.29 is 5.11 Å². The van der Waals surface area contributed by atoms with Crippen molar-refractivity contribution in [1.29, 1.82) is 0 Å². The normalized spacial score (nSPS) is 66.2. The Bertz CT molecular complexity index is 323. The van der Waals surface area contributed by atoms with Crippen LogP contribution in [-0.2, 0) is 0 Å². The van der Waals surface area contributed by atoms with Gasteiger partial charge >= 0.3 is 0 Å². The van der Waals surface area contributed by atoms with Gasteiger partial charge in [0.05, 0.1) is 6.10 Å². The van der Waals surface area contributed by atoms with E-state index < -0.39 is 0 Å². The Balaban J connectivity index is 2.12. The third-order valence-electron chi connectivity index (χ3n) is 6.65. The third-order valence-corrected chi connectivity index (χ3v) is 6.65. The van der Waals surface area contributed by atoms with Crippen LogP contribution in [0, 0.1) is 34.0 Å². The van der Waals surface area contributed by atoms with Crippen molar-refractivity contribution in [1.82, 2.24) is 0 Å². The van der Waals surface area contributed by atoms with E-state index >= 15 is 0 Å². The minimum atomic E-state index is -0.0551. The highest BCUT2D eigenvalue weighted by atomic mass is 16.3. The van der Waals surface area contributed by atoms with E-state index in [-0.39, 0.29) is 11.5 Å². The first-order valence-electron chi connectivity index (χ1n) is 6.49. The maximum atomic E-state index is 10.5. The Morgan fingerprint density at radius 1 is 1.27 bits per heavy atom. The Morgan fingerprint density at radius 3 is 2.20 bits per heavy atom.